The van der Waals surface area contributed by atoms with E-state index < -0.39 is 5.97 Å². The van der Waals surface area contributed by atoms with E-state index in [1.807, 2.05) is 12.1 Å². The molecule has 21 heavy (non-hydrogen) atoms. The molecule has 0 radical (unpaired) electrons. The number of nitrogens with zero attached hydrogens (tertiary/aromatic N) is 1. The summed E-state index contributed by atoms with van der Waals surface area (Å²) in [5, 5.41) is 10.3. The van der Waals surface area contributed by atoms with E-state index in [0.29, 0.717) is 11.6 Å². The largest absolute Gasteiger partial charge is 0.494 e. The number of carboxylic acids is 1. The van der Waals surface area contributed by atoms with Gasteiger partial charge in [-0.25, -0.2) is 9.78 Å². The van der Waals surface area contributed by atoms with Crippen LogP contribution in [0.25, 0.3) is 0 Å². The molecule has 0 aliphatic rings. The summed E-state index contributed by atoms with van der Waals surface area (Å²) in [5.41, 5.74) is 0.199. The standard InChI is InChI=1S/C15H14ClNO3S/c16-12-3-5-13(6-4-12)20-8-1-9-21-14-7-2-11(10-17-14)15(18)19/h2-7,10H,1,8-9H2,(H,18,19). The lowest BCUT2D eigenvalue weighted by atomic mass is 10.3. The van der Waals surface area contributed by atoms with Crippen LogP contribution >= 0.6 is 23.4 Å². The van der Waals surface area contributed by atoms with Gasteiger partial charge in [-0.15, -0.1) is 11.8 Å². The van der Waals surface area contributed by atoms with Crippen LogP contribution < -0.4 is 4.74 Å². The van der Waals surface area contributed by atoms with Crippen LogP contribution in [0.1, 0.15) is 16.8 Å². The highest BCUT2D eigenvalue weighted by atomic mass is 35.5. The number of aromatic nitrogens is 1. The molecule has 0 saturated heterocycles. The average molecular weight is 324 g/mol. The average Bonchev–Trinajstić information content (AvgIpc) is 2.49. The zero-order valence-electron chi connectivity index (χ0n) is 11.2. The molecule has 0 aliphatic carbocycles. The molecule has 0 spiro atoms. The molecule has 1 aromatic carbocycles. The molecule has 1 aromatic heterocycles. The topological polar surface area (TPSA) is 59.4 Å². The van der Waals surface area contributed by atoms with Gasteiger partial charge >= 0.3 is 5.97 Å². The third kappa shape index (κ3) is 5.28. The number of pyridine rings is 1. The Morgan fingerprint density at radius 3 is 2.62 bits per heavy atom. The number of hydrogen-bond acceptors (Lipinski definition) is 4. The van der Waals surface area contributed by atoms with Crippen molar-refractivity contribution in [2.45, 2.75) is 11.4 Å². The molecule has 0 fully saturated rings. The van der Waals surface area contributed by atoms with Gasteiger partial charge in [0.1, 0.15) is 5.75 Å². The first-order valence-corrected chi connectivity index (χ1v) is 7.72. The molecule has 6 heteroatoms. The fraction of sp³-hybridized carbons (Fsp3) is 0.200. The molecule has 2 aromatic rings. The van der Waals surface area contributed by atoms with Crippen LogP contribution in [0.2, 0.25) is 5.02 Å². The van der Waals surface area contributed by atoms with Gasteiger partial charge in [-0.3, -0.25) is 0 Å². The Labute approximate surface area is 132 Å². The third-order valence-electron chi connectivity index (χ3n) is 2.60. The number of halogens is 1. The summed E-state index contributed by atoms with van der Waals surface area (Å²) in [6.45, 7) is 0.613. The number of aromatic carboxylic acids is 1. The van der Waals surface area contributed by atoms with Crippen LogP contribution in [0.4, 0.5) is 0 Å². The van der Waals surface area contributed by atoms with Crippen molar-refractivity contribution in [2.24, 2.45) is 0 Å². The Bertz CT molecular complexity index is 587. The van der Waals surface area contributed by atoms with Crippen molar-refractivity contribution in [1.82, 2.24) is 4.98 Å². The summed E-state index contributed by atoms with van der Waals surface area (Å²) in [6, 6.07) is 10.5. The Balaban J connectivity index is 1.67. The van der Waals surface area contributed by atoms with Crippen LogP contribution in [0.5, 0.6) is 5.75 Å². The first-order chi connectivity index (χ1) is 10.1. The van der Waals surface area contributed by atoms with Crippen molar-refractivity contribution in [2.75, 3.05) is 12.4 Å². The monoisotopic (exact) mass is 323 g/mol. The Morgan fingerprint density at radius 1 is 1.24 bits per heavy atom. The van der Waals surface area contributed by atoms with Crippen molar-refractivity contribution >= 4 is 29.3 Å². The number of carbonyl (C=O) groups is 1. The van der Waals surface area contributed by atoms with Gasteiger partial charge in [-0.2, -0.15) is 0 Å². The summed E-state index contributed by atoms with van der Waals surface area (Å²) in [7, 11) is 0. The maximum atomic E-state index is 10.7. The molecule has 1 N–H and O–H groups in total. The van der Waals surface area contributed by atoms with Crippen LogP contribution in [-0.4, -0.2) is 28.4 Å². The van der Waals surface area contributed by atoms with E-state index in [1.54, 1.807) is 36.0 Å². The number of thioether (sulfide) groups is 1. The number of benzene rings is 1. The van der Waals surface area contributed by atoms with Gasteiger partial charge in [0.25, 0.3) is 0 Å². The summed E-state index contributed by atoms with van der Waals surface area (Å²) >= 11 is 7.36. The molecule has 4 nitrogen and oxygen atoms in total. The lowest BCUT2D eigenvalue weighted by molar-refractivity contribution is 0.0696. The molecule has 0 saturated carbocycles. The lowest BCUT2D eigenvalue weighted by Crippen LogP contribution is -1.99. The lowest BCUT2D eigenvalue weighted by Gasteiger charge is -2.06. The summed E-state index contributed by atoms with van der Waals surface area (Å²) in [5.74, 6) is 0.691. The molecule has 0 unspecified atom stereocenters. The van der Waals surface area contributed by atoms with Gasteiger partial charge in [0.15, 0.2) is 0 Å². The maximum absolute atomic E-state index is 10.7. The minimum atomic E-state index is -0.963. The van der Waals surface area contributed by atoms with Crippen molar-refractivity contribution in [3.05, 3.63) is 53.2 Å². The van der Waals surface area contributed by atoms with Crippen molar-refractivity contribution < 1.29 is 14.6 Å². The molecular formula is C15H14ClNO3S. The molecule has 2 rings (SSSR count). The summed E-state index contributed by atoms with van der Waals surface area (Å²) < 4.78 is 5.58. The minimum absolute atomic E-state index is 0.199. The van der Waals surface area contributed by atoms with E-state index >= 15 is 0 Å². The zero-order chi connectivity index (χ0) is 15.1. The zero-order valence-corrected chi connectivity index (χ0v) is 12.7. The smallest absolute Gasteiger partial charge is 0.337 e. The maximum Gasteiger partial charge on any atom is 0.337 e. The fourth-order valence-electron chi connectivity index (χ4n) is 1.55. The van der Waals surface area contributed by atoms with Crippen molar-refractivity contribution in [3.8, 4) is 5.75 Å². The van der Waals surface area contributed by atoms with E-state index in [-0.39, 0.29) is 5.56 Å². The number of hydrogen-bond donors (Lipinski definition) is 1. The Hall–Kier alpha value is -1.72. The van der Waals surface area contributed by atoms with E-state index in [1.165, 1.54) is 6.20 Å². The highest BCUT2D eigenvalue weighted by Gasteiger charge is 2.03. The van der Waals surface area contributed by atoms with E-state index in [9.17, 15) is 4.79 Å². The SMILES string of the molecule is O=C(O)c1ccc(SCCCOc2ccc(Cl)cc2)nc1. The molecule has 0 aliphatic heterocycles. The van der Waals surface area contributed by atoms with Crippen LogP contribution in [0.15, 0.2) is 47.6 Å². The normalized spacial score (nSPS) is 10.3. The predicted molar refractivity (Wildman–Crippen MR) is 83.5 cm³/mol. The van der Waals surface area contributed by atoms with Crippen LogP contribution in [0.3, 0.4) is 0 Å². The second-order valence-electron chi connectivity index (χ2n) is 4.19. The molecular weight excluding hydrogens is 310 g/mol. The van der Waals surface area contributed by atoms with Gasteiger partial charge in [0, 0.05) is 17.0 Å². The quantitative estimate of drug-likeness (QED) is 0.616. The highest BCUT2D eigenvalue weighted by molar-refractivity contribution is 7.99. The molecule has 0 amide bonds. The predicted octanol–water partition coefficient (Wildman–Crippen LogP) is 3.99. The summed E-state index contributed by atoms with van der Waals surface area (Å²) in [4.78, 5) is 14.8. The third-order valence-corrected chi connectivity index (χ3v) is 3.89. The van der Waals surface area contributed by atoms with Crippen molar-refractivity contribution in [1.29, 1.82) is 0 Å². The fourth-order valence-corrected chi connectivity index (χ4v) is 2.44. The van der Waals surface area contributed by atoms with Gasteiger partial charge in [0.2, 0.25) is 0 Å². The van der Waals surface area contributed by atoms with Crippen LogP contribution in [0, 0.1) is 0 Å². The molecule has 1 heterocycles. The second kappa shape index (κ2) is 7.90. The van der Waals surface area contributed by atoms with Gasteiger partial charge < -0.3 is 9.84 Å². The Morgan fingerprint density at radius 2 is 2.00 bits per heavy atom. The molecule has 0 bridgehead atoms. The minimum Gasteiger partial charge on any atom is -0.494 e. The van der Waals surface area contributed by atoms with Gasteiger partial charge in [0.05, 0.1) is 17.2 Å². The van der Waals surface area contributed by atoms with E-state index in [0.717, 1.165) is 22.9 Å². The number of ether oxygens (including phenoxy) is 1. The van der Waals surface area contributed by atoms with E-state index in [2.05, 4.69) is 4.98 Å². The first kappa shape index (κ1) is 15.7. The van der Waals surface area contributed by atoms with E-state index in [4.69, 9.17) is 21.4 Å². The second-order valence-corrected chi connectivity index (χ2v) is 5.75. The molecule has 0 atom stereocenters. The van der Waals surface area contributed by atoms with Gasteiger partial charge in [-0.05, 0) is 42.8 Å². The number of rotatable bonds is 7. The number of carboxylic acid groups (broad SMARTS) is 1. The van der Waals surface area contributed by atoms with Gasteiger partial charge in [-0.1, -0.05) is 11.6 Å². The molecule has 110 valence electrons. The highest BCUT2D eigenvalue weighted by Crippen LogP contribution is 2.18. The van der Waals surface area contributed by atoms with Crippen molar-refractivity contribution in [3.63, 3.8) is 0 Å². The Kier molecular flexibility index (Phi) is 5.90. The summed E-state index contributed by atoms with van der Waals surface area (Å²) in [6.07, 6.45) is 2.24. The van der Waals surface area contributed by atoms with Crippen LogP contribution in [-0.2, 0) is 0 Å². The first-order valence-electron chi connectivity index (χ1n) is 6.35.